The number of amides is 2. The van der Waals surface area contributed by atoms with Crippen molar-refractivity contribution in [1.82, 2.24) is 14.9 Å². The zero-order valence-electron chi connectivity index (χ0n) is 22.0. The number of carbonyl (C=O) groups excluding carboxylic acids is 2. The van der Waals surface area contributed by atoms with E-state index in [0.717, 1.165) is 12.1 Å². The first-order valence-corrected chi connectivity index (χ1v) is 12.3. The van der Waals surface area contributed by atoms with Gasteiger partial charge in [0.2, 0.25) is 0 Å². The van der Waals surface area contributed by atoms with Gasteiger partial charge in [-0.15, -0.1) is 0 Å². The lowest BCUT2D eigenvalue weighted by Gasteiger charge is -2.27. The van der Waals surface area contributed by atoms with E-state index in [1.807, 2.05) is 0 Å². The van der Waals surface area contributed by atoms with Gasteiger partial charge in [0, 0.05) is 24.2 Å². The van der Waals surface area contributed by atoms with Crippen molar-refractivity contribution in [2.75, 3.05) is 44.0 Å². The number of benzene rings is 2. The molecule has 1 saturated heterocycles. The Balaban J connectivity index is 1.72. The Bertz CT molecular complexity index is 1470. The molecule has 1 aliphatic rings. The van der Waals surface area contributed by atoms with Crippen molar-refractivity contribution < 1.29 is 45.4 Å². The number of hydrogen-bond donors (Lipinski definition) is 2. The van der Waals surface area contributed by atoms with Gasteiger partial charge < -0.3 is 25.0 Å². The molecule has 15 heteroatoms. The first-order chi connectivity index (χ1) is 19.2. The number of aromatic nitrogens is 2. The van der Waals surface area contributed by atoms with Crippen LogP contribution in [0.2, 0.25) is 0 Å². The highest BCUT2D eigenvalue weighted by atomic mass is 19.4. The third-order valence-electron chi connectivity index (χ3n) is 6.31. The van der Waals surface area contributed by atoms with Gasteiger partial charge in [-0.25, -0.2) is 9.97 Å². The summed E-state index contributed by atoms with van der Waals surface area (Å²) in [5.41, 5.74) is -1.40. The smallest absolute Gasteiger partial charge is 0.471 e. The van der Waals surface area contributed by atoms with E-state index in [9.17, 15) is 35.9 Å². The summed E-state index contributed by atoms with van der Waals surface area (Å²) in [7, 11) is 1.38. The summed E-state index contributed by atoms with van der Waals surface area (Å²) in [6.45, 7) is 4.64. The van der Waals surface area contributed by atoms with Crippen LogP contribution in [0.15, 0.2) is 30.3 Å². The molecule has 4 rings (SSSR count). The number of morpholine rings is 1. The molecule has 1 atom stereocenters. The second kappa shape index (κ2) is 11.4. The minimum absolute atomic E-state index is 0.0761. The Morgan fingerprint density at radius 1 is 1.02 bits per heavy atom. The molecule has 1 aliphatic heterocycles. The zero-order valence-corrected chi connectivity index (χ0v) is 22.0. The fraction of sp³-hybridized carbons (Fsp3) is 0.385. The highest BCUT2D eigenvalue weighted by Crippen LogP contribution is 2.36. The molecular formula is C26H25F6N5O4. The summed E-state index contributed by atoms with van der Waals surface area (Å²) >= 11 is 0. The van der Waals surface area contributed by atoms with Crippen LogP contribution in [0.25, 0.3) is 10.9 Å². The second-order valence-electron chi connectivity index (χ2n) is 9.25. The first-order valence-electron chi connectivity index (χ1n) is 12.3. The summed E-state index contributed by atoms with van der Waals surface area (Å²) in [4.78, 5) is 34.9. The van der Waals surface area contributed by atoms with Crippen LogP contribution in [0.3, 0.4) is 0 Å². The van der Waals surface area contributed by atoms with Crippen molar-refractivity contribution in [2.45, 2.75) is 32.2 Å². The molecule has 2 amide bonds. The Labute approximate surface area is 229 Å². The van der Waals surface area contributed by atoms with Gasteiger partial charge in [0.25, 0.3) is 5.91 Å². The molecule has 0 unspecified atom stereocenters. The Kier molecular flexibility index (Phi) is 8.29. The Morgan fingerprint density at radius 3 is 2.32 bits per heavy atom. The maximum absolute atomic E-state index is 13.6. The number of carbonyl (C=O) groups is 2. The SMILES string of the molecule is COc1cc2c(N[C@H](C)c3cc(NC(=O)C(F)(F)F)cc(C(F)(F)F)c3)nc(C)nc2cc1C(=O)N1CCOCC1. The third-order valence-corrected chi connectivity index (χ3v) is 6.31. The summed E-state index contributed by atoms with van der Waals surface area (Å²) < 4.78 is 89.7. The van der Waals surface area contributed by atoms with Crippen LogP contribution in [0.5, 0.6) is 5.75 Å². The number of halogens is 6. The maximum Gasteiger partial charge on any atom is 0.471 e. The van der Waals surface area contributed by atoms with Crippen LogP contribution in [0, 0.1) is 6.92 Å². The Hall–Kier alpha value is -4.14. The molecule has 2 heterocycles. The quantitative estimate of drug-likeness (QED) is 0.388. The maximum atomic E-state index is 13.6. The fourth-order valence-electron chi connectivity index (χ4n) is 4.28. The van der Waals surface area contributed by atoms with Gasteiger partial charge in [0.05, 0.1) is 43.0 Å². The molecule has 0 spiro atoms. The lowest BCUT2D eigenvalue weighted by atomic mass is 10.0. The summed E-state index contributed by atoms with van der Waals surface area (Å²) in [6.07, 6.45) is -10.2. The van der Waals surface area contributed by atoms with Crippen LogP contribution in [0.4, 0.5) is 37.8 Å². The van der Waals surface area contributed by atoms with Gasteiger partial charge in [-0.2, -0.15) is 26.3 Å². The van der Waals surface area contributed by atoms with Gasteiger partial charge in [-0.05, 0) is 49.7 Å². The molecule has 9 nitrogen and oxygen atoms in total. The van der Waals surface area contributed by atoms with Crippen LogP contribution < -0.4 is 15.4 Å². The van der Waals surface area contributed by atoms with E-state index >= 15 is 0 Å². The average Bonchev–Trinajstić information content (AvgIpc) is 2.91. The predicted molar refractivity (Wildman–Crippen MR) is 136 cm³/mol. The van der Waals surface area contributed by atoms with E-state index in [4.69, 9.17) is 9.47 Å². The van der Waals surface area contributed by atoms with E-state index in [1.165, 1.54) is 31.5 Å². The molecule has 1 fully saturated rings. The highest BCUT2D eigenvalue weighted by molar-refractivity contribution is 6.03. The van der Waals surface area contributed by atoms with Crippen LogP contribution in [0.1, 0.15) is 40.3 Å². The van der Waals surface area contributed by atoms with Crippen molar-refractivity contribution >= 4 is 34.2 Å². The predicted octanol–water partition coefficient (Wildman–Crippen LogP) is 5.11. The lowest BCUT2D eigenvalue weighted by Crippen LogP contribution is -2.40. The molecule has 2 N–H and O–H groups in total. The average molecular weight is 586 g/mol. The molecule has 220 valence electrons. The van der Waals surface area contributed by atoms with Crippen molar-refractivity contribution in [1.29, 1.82) is 0 Å². The molecule has 0 aliphatic carbocycles. The van der Waals surface area contributed by atoms with Gasteiger partial charge in [0.15, 0.2) is 0 Å². The van der Waals surface area contributed by atoms with Crippen LogP contribution >= 0.6 is 0 Å². The Morgan fingerprint density at radius 2 is 1.71 bits per heavy atom. The first kappa shape index (κ1) is 29.8. The number of aryl methyl sites for hydroxylation is 1. The minimum Gasteiger partial charge on any atom is -0.496 e. The monoisotopic (exact) mass is 585 g/mol. The zero-order chi connectivity index (χ0) is 30.1. The van der Waals surface area contributed by atoms with E-state index in [0.29, 0.717) is 43.3 Å². The fourth-order valence-corrected chi connectivity index (χ4v) is 4.28. The van der Waals surface area contributed by atoms with Gasteiger partial charge >= 0.3 is 18.3 Å². The lowest BCUT2D eigenvalue weighted by molar-refractivity contribution is -0.167. The number of anilines is 2. The number of rotatable bonds is 6. The molecule has 3 aromatic rings. The molecule has 0 saturated carbocycles. The molecule has 1 aromatic heterocycles. The number of nitrogens with zero attached hydrogens (tertiary/aromatic N) is 3. The molecular weight excluding hydrogens is 560 g/mol. The minimum atomic E-state index is -5.29. The second-order valence-corrected chi connectivity index (χ2v) is 9.25. The number of nitrogens with one attached hydrogen (secondary N) is 2. The van der Waals surface area contributed by atoms with E-state index in [-0.39, 0.29) is 34.4 Å². The van der Waals surface area contributed by atoms with Crippen molar-refractivity contribution in [3.63, 3.8) is 0 Å². The van der Waals surface area contributed by atoms with Crippen LogP contribution in [-0.4, -0.2) is 66.3 Å². The van der Waals surface area contributed by atoms with E-state index in [1.54, 1.807) is 11.8 Å². The third kappa shape index (κ3) is 6.78. The van der Waals surface area contributed by atoms with Crippen molar-refractivity contribution in [3.8, 4) is 5.75 Å². The van der Waals surface area contributed by atoms with E-state index < -0.39 is 35.6 Å². The number of hydrogen-bond acceptors (Lipinski definition) is 7. The highest BCUT2D eigenvalue weighted by Gasteiger charge is 2.39. The van der Waals surface area contributed by atoms with Crippen molar-refractivity contribution in [2.24, 2.45) is 0 Å². The number of methoxy groups -OCH3 is 1. The number of ether oxygens (including phenoxy) is 2. The van der Waals surface area contributed by atoms with Gasteiger partial charge in [-0.1, -0.05) is 0 Å². The molecule has 41 heavy (non-hydrogen) atoms. The van der Waals surface area contributed by atoms with Gasteiger partial charge in [0.1, 0.15) is 17.4 Å². The van der Waals surface area contributed by atoms with Crippen LogP contribution in [-0.2, 0) is 15.7 Å². The largest absolute Gasteiger partial charge is 0.496 e. The summed E-state index contributed by atoms with van der Waals surface area (Å²) in [5, 5.41) is 4.83. The van der Waals surface area contributed by atoms with Gasteiger partial charge in [-0.3, -0.25) is 9.59 Å². The number of alkyl halides is 6. The summed E-state index contributed by atoms with van der Waals surface area (Å²) in [5.74, 6) is -2.02. The standard InChI is InChI=1S/C26H25F6N5O4/c1-13(15-8-16(25(27,28)29)10-17(9-15)36-24(39)26(30,31)32)33-22-18-12-21(40-3)19(11-20(18)34-14(2)35-22)23(38)37-4-6-41-7-5-37/h8-13H,4-7H2,1-3H3,(H,36,39)(H,33,34,35)/t13-/m1/s1. The van der Waals surface area contributed by atoms with Crippen molar-refractivity contribution in [3.05, 3.63) is 52.8 Å². The molecule has 0 radical (unpaired) electrons. The van der Waals surface area contributed by atoms with E-state index in [2.05, 4.69) is 15.3 Å². The summed E-state index contributed by atoms with van der Waals surface area (Å²) in [6, 6.07) is 4.31. The molecule has 2 aromatic carbocycles. The molecule has 0 bridgehead atoms. The number of fused-ring (bicyclic) bond motifs is 1. The topological polar surface area (TPSA) is 106 Å². The normalized spacial score (nSPS) is 15.0.